The van der Waals surface area contributed by atoms with Gasteiger partial charge in [0.1, 0.15) is 5.75 Å². The third-order valence-electron chi connectivity index (χ3n) is 1.96. The molecule has 4 heteroatoms. The van der Waals surface area contributed by atoms with E-state index in [0.717, 1.165) is 15.6 Å². The molecule has 13 heavy (non-hydrogen) atoms. The molecule has 0 aliphatic rings. The molecular formula is C9H8ClNOS. The first-order chi connectivity index (χ1) is 6.24. The second-order valence-electron chi connectivity index (χ2n) is 2.77. The van der Waals surface area contributed by atoms with E-state index in [2.05, 4.69) is 0 Å². The minimum absolute atomic E-state index is 0.267. The number of rotatable bonds is 1. The maximum Gasteiger partial charge on any atom is 0.134 e. The zero-order chi connectivity index (χ0) is 9.42. The molecule has 0 atom stereocenters. The Morgan fingerprint density at radius 1 is 1.46 bits per heavy atom. The third-order valence-corrected chi connectivity index (χ3v) is 3.27. The van der Waals surface area contributed by atoms with E-state index in [0.29, 0.717) is 11.6 Å². The summed E-state index contributed by atoms with van der Waals surface area (Å²) in [6.45, 7) is 0. The van der Waals surface area contributed by atoms with Crippen molar-refractivity contribution in [1.82, 2.24) is 0 Å². The molecule has 0 saturated carbocycles. The molecule has 0 aliphatic heterocycles. The molecule has 0 fully saturated rings. The number of hydrogen-bond acceptors (Lipinski definition) is 3. The highest BCUT2D eigenvalue weighted by molar-refractivity contribution is 7.18. The minimum Gasteiger partial charge on any atom is -0.506 e. The van der Waals surface area contributed by atoms with Crippen LogP contribution in [0.2, 0.25) is 0 Å². The smallest absolute Gasteiger partial charge is 0.134 e. The zero-order valence-corrected chi connectivity index (χ0v) is 8.32. The van der Waals surface area contributed by atoms with E-state index >= 15 is 0 Å². The molecule has 0 radical (unpaired) electrons. The van der Waals surface area contributed by atoms with Crippen LogP contribution in [0.15, 0.2) is 17.5 Å². The van der Waals surface area contributed by atoms with E-state index in [-0.39, 0.29) is 5.75 Å². The number of alkyl halides is 1. The number of fused-ring (bicyclic) bond motifs is 1. The van der Waals surface area contributed by atoms with Crippen LogP contribution in [-0.2, 0) is 5.88 Å². The normalized spacial score (nSPS) is 10.8. The van der Waals surface area contributed by atoms with Crippen LogP contribution in [0, 0.1) is 0 Å². The summed E-state index contributed by atoms with van der Waals surface area (Å²) in [5, 5.41) is 12.0. The summed E-state index contributed by atoms with van der Waals surface area (Å²) >= 11 is 7.18. The second kappa shape index (κ2) is 3.09. The predicted octanol–water partition coefficient (Wildman–Crippen LogP) is 2.93. The topological polar surface area (TPSA) is 46.2 Å². The van der Waals surface area contributed by atoms with Crippen LogP contribution in [0.25, 0.3) is 10.1 Å². The number of anilines is 1. The second-order valence-corrected chi connectivity index (χ2v) is 3.92. The van der Waals surface area contributed by atoms with Gasteiger partial charge in [-0.1, -0.05) is 6.07 Å². The average Bonchev–Trinajstić information content (AvgIpc) is 2.51. The van der Waals surface area contributed by atoms with Gasteiger partial charge in [-0.15, -0.1) is 22.9 Å². The summed E-state index contributed by atoms with van der Waals surface area (Å²) in [4.78, 5) is 0. The summed E-state index contributed by atoms with van der Waals surface area (Å²) in [6, 6.07) is 3.66. The van der Waals surface area contributed by atoms with Crippen molar-refractivity contribution in [2.24, 2.45) is 0 Å². The molecule has 2 aromatic rings. The number of aromatic hydroxyl groups is 1. The number of thiophene rings is 1. The lowest BCUT2D eigenvalue weighted by Crippen LogP contribution is -1.86. The average molecular weight is 214 g/mol. The van der Waals surface area contributed by atoms with Crippen LogP contribution in [0.4, 0.5) is 5.69 Å². The summed E-state index contributed by atoms with van der Waals surface area (Å²) in [5.41, 5.74) is 7.36. The molecule has 2 rings (SSSR count). The lowest BCUT2D eigenvalue weighted by molar-refractivity contribution is 0.483. The van der Waals surface area contributed by atoms with Gasteiger partial charge < -0.3 is 10.8 Å². The number of benzene rings is 1. The summed E-state index contributed by atoms with van der Waals surface area (Å²) in [5.74, 6) is 0.657. The van der Waals surface area contributed by atoms with Crippen LogP contribution < -0.4 is 5.73 Å². The van der Waals surface area contributed by atoms with Gasteiger partial charge in [0.15, 0.2) is 0 Å². The van der Waals surface area contributed by atoms with E-state index in [9.17, 15) is 5.11 Å². The van der Waals surface area contributed by atoms with Crippen molar-refractivity contribution in [1.29, 1.82) is 0 Å². The zero-order valence-electron chi connectivity index (χ0n) is 6.75. The van der Waals surface area contributed by atoms with Crippen molar-refractivity contribution >= 4 is 38.7 Å². The molecular weight excluding hydrogens is 206 g/mol. The molecule has 0 bridgehead atoms. The summed E-state index contributed by atoms with van der Waals surface area (Å²) in [7, 11) is 0. The van der Waals surface area contributed by atoms with Gasteiger partial charge in [-0.3, -0.25) is 0 Å². The van der Waals surface area contributed by atoms with Crippen LogP contribution in [0.1, 0.15) is 5.56 Å². The molecule has 0 amide bonds. The first kappa shape index (κ1) is 8.66. The Kier molecular flexibility index (Phi) is 2.06. The number of nitrogen functional groups attached to an aromatic ring is 1. The molecule has 1 aromatic carbocycles. The Balaban J connectivity index is 2.88. The van der Waals surface area contributed by atoms with Crippen molar-refractivity contribution in [3.05, 3.63) is 23.1 Å². The fraction of sp³-hybridized carbons (Fsp3) is 0.111. The van der Waals surface area contributed by atoms with Crippen molar-refractivity contribution in [3.8, 4) is 5.75 Å². The van der Waals surface area contributed by atoms with Crippen LogP contribution in [0.3, 0.4) is 0 Å². The molecule has 1 heterocycles. The fourth-order valence-corrected chi connectivity index (χ4v) is 2.46. The van der Waals surface area contributed by atoms with Gasteiger partial charge in [-0.25, -0.2) is 0 Å². The van der Waals surface area contributed by atoms with E-state index in [1.807, 2.05) is 12.1 Å². The van der Waals surface area contributed by atoms with E-state index in [1.54, 1.807) is 5.38 Å². The minimum atomic E-state index is 0.267. The molecule has 0 unspecified atom stereocenters. The standard InChI is InChI=1S/C9H8ClNOS/c10-3-5-1-2-6(11)9-8(5)7(12)4-13-9/h1-2,4,12H,3,11H2. The van der Waals surface area contributed by atoms with Gasteiger partial charge in [-0.2, -0.15) is 0 Å². The van der Waals surface area contributed by atoms with E-state index in [4.69, 9.17) is 17.3 Å². The highest BCUT2D eigenvalue weighted by Gasteiger charge is 2.09. The van der Waals surface area contributed by atoms with Crippen molar-refractivity contribution in [2.75, 3.05) is 5.73 Å². The quantitative estimate of drug-likeness (QED) is 0.565. The Hall–Kier alpha value is -0.930. The van der Waals surface area contributed by atoms with Crippen molar-refractivity contribution < 1.29 is 5.11 Å². The molecule has 0 aliphatic carbocycles. The van der Waals surface area contributed by atoms with Crippen LogP contribution >= 0.6 is 22.9 Å². The lowest BCUT2D eigenvalue weighted by Gasteiger charge is -2.01. The van der Waals surface area contributed by atoms with Gasteiger partial charge in [0.2, 0.25) is 0 Å². The van der Waals surface area contributed by atoms with E-state index < -0.39 is 0 Å². The molecule has 0 spiro atoms. The Morgan fingerprint density at radius 3 is 2.92 bits per heavy atom. The first-order valence-corrected chi connectivity index (χ1v) is 5.19. The SMILES string of the molecule is Nc1ccc(CCl)c2c(O)csc12. The summed E-state index contributed by atoms with van der Waals surface area (Å²) < 4.78 is 0.913. The van der Waals surface area contributed by atoms with Crippen LogP contribution in [0.5, 0.6) is 5.75 Å². The van der Waals surface area contributed by atoms with Crippen molar-refractivity contribution in [2.45, 2.75) is 5.88 Å². The molecule has 3 N–H and O–H groups in total. The highest BCUT2D eigenvalue weighted by Crippen LogP contribution is 2.37. The highest BCUT2D eigenvalue weighted by atomic mass is 35.5. The molecule has 2 nitrogen and oxygen atoms in total. The molecule has 1 aromatic heterocycles. The van der Waals surface area contributed by atoms with Gasteiger partial charge in [0.25, 0.3) is 0 Å². The first-order valence-electron chi connectivity index (χ1n) is 3.77. The Labute approximate surface area is 84.6 Å². The monoisotopic (exact) mass is 213 g/mol. The van der Waals surface area contributed by atoms with Gasteiger partial charge in [0, 0.05) is 22.3 Å². The maximum atomic E-state index is 9.54. The summed E-state index contributed by atoms with van der Waals surface area (Å²) in [6.07, 6.45) is 0. The fourth-order valence-electron chi connectivity index (χ4n) is 1.33. The lowest BCUT2D eigenvalue weighted by atomic mass is 10.1. The van der Waals surface area contributed by atoms with Gasteiger partial charge >= 0.3 is 0 Å². The molecule has 68 valence electrons. The van der Waals surface area contributed by atoms with Crippen LogP contribution in [-0.4, -0.2) is 5.11 Å². The van der Waals surface area contributed by atoms with E-state index in [1.165, 1.54) is 11.3 Å². The molecule has 0 saturated heterocycles. The largest absolute Gasteiger partial charge is 0.506 e. The van der Waals surface area contributed by atoms with Gasteiger partial charge in [-0.05, 0) is 11.6 Å². The Morgan fingerprint density at radius 2 is 2.23 bits per heavy atom. The third kappa shape index (κ3) is 1.24. The van der Waals surface area contributed by atoms with Crippen molar-refractivity contribution in [3.63, 3.8) is 0 Å². The predicted molar refractivity (Wildman–Crippen MR) is 57.5 cm³/mol. The Bertz CT molecular complexity index is 452. The van der Waals surface area contributed by atoms with Gasteiger partial charge in [0.05, 0.1) is 4.70 Å². The number of nitrogens with two attached hydrogens (primary N) is 1. The maximum absolute atomic E-state index is 9.54. The number of hydrogen-bond donors (Lipinski definition) is 2. The number of halogens is 1.